The highest BCUT2D eigenvalue weighted by Gasteiger charge is 2.13. The summed E-state index contributed by atoms with van der Waals surface area (Å²) in [7, 11) is 0. The Labute approximate surface area is 215 Å². The Bertz CT molecular complexity index is 1600. The molecule has 0 fully saturated rings. The van der Waals surface area contributed by atoms with Gasteiger partial charge in [0.1, 0.15) is 17.0 Å². The molecule has 0 bridgehead atoms. The number of carbonyl (C=O) groups is 1. The van der Waals surface area contributed by atoms with Crippen molar-refractivity contribution in [3.8, 4) is 22.8 Å². The molecule has 3 aromatic carbocycles. The normalized spacial score (nSPS) is 11.4. The summed E-state index contributed by atoms with van der Waals surface area (Å²) in [6, 6.07) is 19.6. The quantitative estimate of drug-likeness (QED) is 0.234. The minimum atomic E-state index is -0.317. The van der Waals surface area contributed by atoms with E-state index in [1.807, 2.05) is 31.2 Å². The van der Waals surface area contributed by atoms with E-state index in [1.54, 1.807) is 48.5 Å². The third-order valence-electron chi connectivity index (χ3n) is 5.30. The molecule has 35 heavy (non-hydrogen) atoms. The number of halogens is 3. The van der Waals surface area contributed by atoms with Crippen molar-refractivity contribution in [1.29, 1.82) is 0 Å². The molecule has 5 nitrogen and oxygen atoms in total. The molecule has 0 aliphatic rings. The first-order valence-electron chi connectivity index (χ1n) is 10.6. The first-order chi connectivity index (χ1) is 16.9. The number of aryl methyl sites for hydroxylation is 1. The predicted molar refractivity (Wildman–Crippen MR) is 141 cm³/mol. The zero-order chi connectivity index (χ0) is 24.5. The number of nitrogens with zero attached hydrogens (tertiary/aromatic N) is 1. The van der Waals surface area contributed by atoms with Gasteiger partial charge in [-0.1, -0.05) is 46.9 Å². The second-order valence-electron chi connectivity index (χ2n) is 7.81. The van der Waals surface area contributed by atoms with Crippen molar-refractivity contribution in [2.75, 3.05) is 5.32 Å². The minimum Gasteiger partial charge on any atom is -0.457 e. The molecule has 174 valence electrons. The molecule has 0 spiro atoms. The van der Waals surface area contributed by atoms with Gasteiger partial charge >= 0.3 is 0 Å². The molecule has 5 rings (SSSR count). The topological polar surface area (TPSA) is 68.3 Å². The van der Waals surface area contributed by atoms with Crippen molar-refractivity contribution in [3.05, 3.63) is 99.2 Å². The first kappa shape index (κ1) is 23.2. The van der Waals surface area contributed by atoms with E-state index in [0.29, 0.717) is 54.8 Å². The van der Waals surface area contributed by atoms with Crippen LogP contribution in [0, 0.1) is 6.92 Å². The molecule has 0 unspecified atom stereocenters. The van der Waals surface area contributed by atoms with Gasteiger partial charge in [0.25, 0.3) is 0 Å². The second kappa shape index (κ2) is 9.62. The molecule has 1 amide bonds. The van der Waals surface area contributed by atoms with Gasteiger partial charge in [-0.3, -0.25) is 4.79 Å². The number of carbonyl (C=O) groups excluding carboxylic acids is 1. The Hall–Kier alpha value is -3.51. The van der Waals surface area contributed by atoms with Gasteiger partial charge in [-0.25, -0.2) is 4.98 Å². The van der Waals surface area contributed by atoms with E-state index >= 15 is 0 Å². The first-order valence-corrected chi connectivity index (χ1v) is 11.7. The maximum Gasteiger partial charge on any atom is 0.248 e. The Kier molecular flexibility index (Phi) is 6.39. The minimum absolute atomic E-state index is 0.317. The van der Waals surface area contributed by atoms with Crippen LogP contribution in [-0.2, 0) is 4.79 Å². The van der Waals surface area contributed by atoms with Crippen molar-refractivity contribution in [2.24, 2.45) is 0 Å². The molecule has 2 aromatic heterocycles. The number of hydrogen-bond acceptors (Lipinski definition) is 4. The molecule has 2 heterocycles. The predicted octanol–water partition coefficient (Wildman–Crippen LogP) is 8.68. The van der Waals surface area contributed by atoms with Crippen molar-refractivity contribution in [1.82, 2.24) is 4.98 Å². The Morgan fingerprint density at radius 1 is 0.914 bits per heavy atom. The van der Waals surface area contributed by atoms with E-state index in [1.165, 1.54) is 6.08 Å². The van der Waals surface area contributed by atoms with Gasteiger partial charge in [0.2, 0.25) is 11.8 Å². The van der Waals surface area contributed by atoms with Crippen LogP contribution in [-0.4, -0.2) is 10.9 Å². The molecule has 0 atom stereocenters. The zero-order valence-corrected chi connectivity index (χ0v) is 20.6. The Morgan fingerprint density at radius 2 is 1.77 bits per heavy atom. The van der Waals surface area contributed by atoms with Crippen LogP contribution in [0.4, 0.5) is 5.69 Å². The number of benzene rings is 3. The number of furan rings is 1. The number of aromatic nitrogens is 1. The zero-order valence-electron chi connectivity index (χ0n) is 18.3. The van der Waals surface area contributed by atoms with Crippen LogP contribution < -0.4 is 5.32 Å². The average Bonchev–Trinajstić information content (AvgIpc) is 3.48. The number of amides is 1. The molecule has 0 aliphatic heterocycles. The molecule has 1 N–H and O–H groups in total. The van der Waals surface area contributed by atoms with E-state index in [2.05, 4.69) is 10.3 Å². The molecule has 0 aliphatic carbocycles. The van der Waals surface area contributed by atoms with E-state index in [0.717, 1.165) is 11.1 Å². The fourth-order valence-corrected chi connectivity index (χ4v) is 4.02. The lowest BCUT2D eigenvalue weighted by Crippen LogP contribution is -2.07. The van der Waals surface area contributed by atoms with E-state index < -0.39 is 0 Å². The highest BCUT2D eigenvalue weighted by molar-refractivity contribution is 6.35. The van der Waals surface area contributed by atoms with Crippen LogP contribution in [0.2, 0.25) is 15.1 Å². The van der Waals surface area contributed by atoms with Crippen LogP contribution in [0.5, 0.6) is 0 Å². The van der Waals surface area contributed by atoms with Gasteiger partial charge in [-0.15, -0.1) is 0 Å². The number of hydrogen-bond donors (Lipinski definition) is 1. The molecular weight excluding hydrogens is 507 g/mol. The Balaban J connectivity index is 1.29. The highest BCUT2D eigenvalue weighted by Crippen LogP contribution is 2.33. The average molecular weight is 524 g/mol. The number of oxazole rings is 1. The molecule has 5 aromatic rings. The smallest absolute Gasteiger partial charge is 0.248 e. The number of anilines is 1. The Morgan fingerprint density at radius 3 is 2.60 bits per heavy atom. The maximum absolute atomic E-state index is 12.5. The van der Waals surface area contributed by atoms with Gasteiger partial charge in [0.15, 0.2) is 5.58 Å². The largest absolute Gasteiger partial charge is 0.457 e. The molecule has 0 saturated carbocycles. The summed E-state index contributed by atoms with van der Waals surface area (Å²) in [6.07, 6.45) is 3.00. The third kappa shape index (κ3) is 5.13. The van der Waals surface area contributed by atoms with Crippen molar-refractivity contribution < 1.29 is 13.6 Å². The summed E-state index contributed by atoms with van der Waals surface area (Å²) in [5.74, 6) is 1.24. The lowest BCUT2D eigenvalue weighted by molar-refractivity contribution is -0.111. The van der Waals surface area contributed by atoms with Gasteiger partial charge in [0.05, 0.1) is 10.6 Å². The standard InChI is InChI=1S/C27H17Cl3N2O3/c1-15-2-3-16(12-22(15)30)24-10-6-19(34-24)7-11-26(33)31-18-5-9-25-23(14-18)32-27(35-25)20-13-17(28)4-8-21(20)29/h2-14H,1H3,(H,31,33)/b11-7+. The summed E-state index contributed by atoms with van der Waals surface area (Å²) in [4.78, 5) is 16.9. The third-order valence-corrected chi connectivity index (χ3v) is 6.27. The van der Waals surface area contributed by atoms with E-state index in [4.69, 9.17) is 43.6 Å². The maximum atomic E-state index is 12.5. The molecular formula is C27H17Cl3N2O3. The summed E-state index contributed by atoms with van der Waals surface area (Å²) >= 11 is 18.5. The van der Waals surface area contributed by atoms with E-state index in [-0.39, 0.29) is 5.91 Å². The van der Waals surface area contributed by atoms with Crippen molar-refractivity contribution in [2.45, 2.75) is 6.92 Å². The summed E-state index contributed by atoms with van der Waals surface area (Å²) < 4.78 is 11.6. The van der Waals surface area contributed by atoms with Crippen LogP contribution in [0.15, 0.2) is 81.6 Å². The molecule has 0 saturated heterocycles. The molecule has 0 radical (unpaired) electrons. The van der Waals surface area contributed by atoms with Crippen LogP contribution in [0.3, 0.4) is 0 Å². The summed E-state index contributed by atoms with van der Waals surface area (Å²) in [6.45, 7) is 1.94. The lowest BCUT2D eigenvalue weighted by atomic mass is 10.1. The van der Waals surface area contributed by atoms with Crippen molar-refractivity contribution >= 4 is 63.6 Å². The van der Waals surface area contributed by atoms with Crippen LogP contribution >= 0.6 is 34.8 Å². The van der Waals surface area contributed by atoms with Gasteiger partial charge in [0, 0.05) is 27.4 Å². The SMILES string of the molecule is Cc1ccc(-c2ccc(/C=C/C(=O)Nc3ccc4oc(-c5cc(Cl)ccc5Cl)nc4c3)o2)cc1Cl. The van der Waals surface area contributed by atoms with Gasteiger partial charge in [-0.2, -0.15) is 0 Å². The summed E-state index contributed by atoms with van der Waals surface area (Å²) in [5, 5.41) is 4.48. The fraction of sp³-hybridized carbons (Fsp3) is 0.0370. The highest BCUT2D eigenvalue weighted by atomic mass is 35.5. The number of fused-ring (bicyclic) bond motifs is 1. The van der Waals surface area contributed by atoms with Crippen LogP contribution in [0.1, 0.15) is 11.3 Å². The van der Waals surface area contributed by atoms with Crippen LogP contribution in [0.25, 0.3) is 40.0 Å². The lowest BCUT2D eigenvalue weighted by Gasteiger charge is -2.01. The number of rotatable bonds is 5. The van der Waals surface area contributed by atoms with Gasteiger partial charge in [-0.05, 0) is 73.2 Å². The fourth-order valence-electron chi connectivity index (χ4n) is 3.47. The number of nitrogens with one attached hydrogen (secondary N) is 1. The monoisotopic (exact) mass is 522 g/mol. The van der Waals surface area contributed by atoms with E-state index in [9.17, 15) is 4.79 Å². The molecule has 8 heteroatoms. The second-order valence-corrected chi connectivity index (χ2v) is 9.07. The van der Waals surface area contributed by atoms with Crippen molar-refractivity contribution in [3.63, 3.8) is 0 Å². The summed E-state index contributed by atoms with van der Waals surface area (Å²) in [5.41, 5.74) is 4.15. The van der Waals surface area contributed by atoms with Gasteiger partial charge < -0.3 is 14.2 Å².